The first-order valence-electron chi connectivity index (χ1n) is 7.76. The van der Waals surface area contributed by atoms with E-state index in [1.807, 2.05) is 0 Å². The third-order valence-corrected chi connectivity index (χ3v) is 4.51. The summed E-state index contributed by atoms with van der Waals surface area (Å²) in [5.41, 5.74) is 4.72. The van der Waals surface area contributed by atoms with Crippen LogP contribution in [0, 0.1) is 5.82 Å². The van der Waals surface area contributed by atoms with Gasteiger partial charge in [-0.25, -0.2) is 4.39 Å². The topological polar surface area (TPSA) is 85.9 Å². The number of hydrazine groups is 1. The molecule has 27 heavy (non-hydrogen) atoms. The van der Waals surface area contributed by atoms with Crippen LogP contribution in [0.5, 0.6) is 17.2 Å². The van der Waals surface area contributed by atoms with E-state index in [1.165, 1.54) is 39.5 Å². The minimum Gasteiger partial charge on any atom is -0.496 e. The van der Waals surface area contributed by atoms with Gasteiger partial charge in [-0.1, -0.05) is 12.1 Å². The first-order valence-corrected chi connectivity index (χ1v) is 8.75. The average molecular weight is 394 g/mol. The molecule has 0 saturated heterocycles. The van der Waals surface area contributed by atoms with Gasteiger partial charge in [0.05, 0.1) is 32.6 Å². The fourth-order valence-electron chi connectivity index (χ4n) is 2.14. The molecule has 2 aromatic carbocycles. The fourth-order valence-corrected chi connectivity index (χ4v) is 2.88. The number of methoxy groups -OCH3 is 3. The maximum atomic E-state index is 13.5. The summed E-state index contributed by atoms with van der Waals surface area (Å²) in [4.78, 5) is 24.6. The molecule has 0 aliphatic rings. The number of thioether (sulfide) groups is 1. The smallest absolute Gasteiger partial charge is 0.273 e. The summed E-state index contributed by atoms with van der Waals surface area (Å²) in [6, 6.07) is 9.06. The Morgan fingerprint density at radius 3 is 2.22 bits per heavy atom. The third kappa shape index (κ3) is 5.27. The number of rotatable bonds is 7. The van der Waals surface area contributed by atoms with Crippen LogP contribution in [0.4, 0.5) is 4.39 Å². The predicted octanol–water partition coefficient (Wildman–Crippen LogP) is 2.40. The molecule has 0 atom stereocenters. The molecule has 0 aliphatic heterocycles. The van der Waals surface area contributed by atoms with Gasteiger partial charge in [-0.2, -0.15) is 0 Å². The van der Waals surface area contributed by atoms with E-state index in [1.54, 1.807) is 18.2 Å². The zero-order valence-corrected chi connectivity index (χ0v) is 15.8. The molecule has 0 bridgehead atoms. The molecule has 9 heteroatoms. The van der Waals surface area contributed by atoms with Gasteiger partial charge in [0.1, 0.15) is 11.6 Å². The molecule has 0 radical (unpaired) electrons. The lowest BCUT2D eigenvalue weighted by molar-refractivity contribution is -0.119. The molecule has 0 unspecified atom stereocenters. The lowest BCUT2D eigenvalue weighted by Crippen LogP contribution is -2.42. The zero-order chi connectivity index (χ0) is 19.8. The molecular formula is C18H19FN2O5S. The Labute approximate surface area is 160 Å². The van der Waals surface area contributed by atoms with Gasteiger partial charge in [0.25, 0.3) is 5.91 Å². The molecule has 2 amide bonds. The molecule has 2 aromatic rings. The normalized spacial score (nSPS) is 10.1. The van der Waals surface area contributed by atoms with Crippen LogP contribution in [0.2, 0.25) is 0 Å². The molecule has 2 rings (SSSR count). The van der Waals surface area contributed by atoms with Gasteiger partial charge in [0.15, 0.2) is 11.5 Å². The van der Waals surface area contributed by atoms with Crippen LogP contribution in [0.1, 0.15) is 10.4 Å². The van der Waals surface area contributed by atoms with Crippen molar-refractivity contribution in [3.05, 3.63) is 47.8 Å². The Morgan fingerprint density at radius 2 is 1.59 bits per heavy atom. The minimum absolute atomic E-state index is 0.0652. The van der Waals surface area contributed by atoms with Crippen molar-refractivity contribution in [3.8, 4) is 17.2 Å². The van der Waals surface area contributed by atoms with Gasteiger partial charge in [-0.3, -0.25) is 20.4 Å². The SMILES string of the molecule is COc1cc(OC)c(C(=O)NNC(=O)CSc2ccccc2F)cc1OC. The van der Waals surface area contributed by atoms with Gasteiger partial charge in [-0.15, -0.1) is 11.8 Å². The van der Waals surface area contributed by atoms with Gasteiger partial charge in [0, 0.05) is 17.0 Å². The lowest BCUT2D eigenvalue weighted by atomic mass is 10.1. The van der Waals surface area contributed by atoms with Gasteiger partial charge < -0.3 is 14.2 Å². The van der Waals surface area contributed by atoms with Crippen molar-refractivity contribution in [3.63, 3.8) is 0 Å². The number of hydrogen-bond donors (Lipinski definition) is 2. The highest BCUT2D eigenvalue weighted by Crippen LogP contribution is 2.34. The molecule has 0 spiro atoms. The highest BCUT2D eigenvalue weighted by atomic mass is 32.2. The molecular weight excluding hydrogens is 375 g/mol. The molecule has 0 aromatic heterocycles. The standard InChI is InChI=1S/C18H19FN2O5S/c1-24-13-9-15(26-3)14(25-2)8-11(13)18(23)21-20-17(22)10-27-16-7-5-4-6-12(16)19/h4-9H,10H2,1-3H3,(H,20,22)(H,21,23). The molecule has 0 aliphatic carbocycles. The Hall–Kier alpha value is -2.94. The van der Waals surface area contributed by atoms with E-state index in [0.29, 0.717) is 16.4 Å². The predicted molar refractivity (Wildman–Crippen MR) is 98.8 cm³/mol. The van der Waals surface area contributed by atoms with Crippen LogP contribution in [-0.2, 0) is 4.79 Å². The third-order valence-electron chi connectivity index (χ3n) is 3.46. The highest BCUT2D eigenvalue weighted by molar-refractivity contribution is 8.00. The summed E-state index contributed by atoms with van der Waals surface area (Å²) < 4.78 is 29.0. The van der Waals surface area contributed by atoms with E-state index in [-0.39, 0.29) is 17.1 Å². The second kappa shape index (κ2) is 9.67. The number of nitrogens with one attached hydrogen (secondary N) is 2. The fraction of sp³-hybridized carbons (Fsp3) is 0.222. The number of halogens is 1. The van der Waals surface area contributed by atoms with Crippen LogP contribution in [0.3, 0.4) is 0 Å². The Morgan fingerprint density at radius 1 is 0.963 bits per heavy atom. The molecule has 2 N–H and O–H groups in total. The lowest BCUT2D eigenvalue weighted by Gasteiger charge is -2.14. The van der Waals surface area contributed by atoms with Crippen LogP contribution < -0.4 is 25.1 Å². The number of amides is 2. The summed E-state index contributed by atoms with van der Waals surface area (Å²) in [6.07, 6.45) is 0. The van der Waals surface area contributed by atoms with Crippen molar-refractivity contribution in [2.45, 2.75) is 4.90 Å². The summed E-state index contributed by atoms with van der Waals surface area (Å²) in [5.74, 6) is -0.576. The van der Waals surface area contributed by atoms with E-state index in [2.05, 4.69) is 10.9 Å². The van der Waals surface area contributed by atoms with Crippen molar-refractivity contribution in [2.24, 2.45) is 0 Å². The van der Waals surface area contributed by atoms with E-state index in [9.17, 15) is 14.0 Å². The first-order chi connectivity index (χ1) is 13.0. The van der Waals surface area contributed by atoms with Crippen molar-refractivity contribution in [1.29, 1.82) is 0 Å². The molecule has 0 saturated carbocycles. The van der Waals surface area contributed by atoms with E-state index in [0.717, 1.165) is 11.8 Å². The quantitative estimate of drug-likeness (QED) is 0.554. The number of hydrogen-bond acceptors (Lipinski definition) is 6. The largest absolute Gasteiger partial charge is 0.496 e. The number of carbonyl (C=O) groups excluding carboxylic acids is 2. The van der Waals surface area contributed by atoms with E-state index in [4.69, 9.17) is 14.2 Å². The Kier molecular flexibility index (Phi) is 7.30. The second-order valence-electron chi connectivity index (χ2n) is 5.13. The molecule has 0 fully saturated rings. The van der Waals surface area contributed by atoms with Gasteiger partial charge in [0.2, 0.25) is 5.91 Å². The summed E-state index contributed by atoms with van der Waals surface area (Å²) in [5, 5.41) is 0. The van der Waals surface area contributed by atoms with Crippen LogP contribution >= 0.6 is 11.8 Å². The van der Waals surface area contributed by atoms with Crippen LogP contribution in [-0.4, -0.2) is 38.9 Å². The summed E-state index contributed by atoms with van der Waals surface area (Å²) >= 11 is 1.02. The Balaban J connectivity index is 1.98. The number of benzene rings is 2. The molecule has 0 heterocycles. The van der Waals surface area contributed by atoms with Gasteiger partial charge >= 0.3 is 0 Å². The average Bonchev–Trinajstić information content (AvgIpc) is 2.70. The monoisotopic (exact) mass is 394 g/mol. The van der Waals surface area contributed by atoms with Crippen LogP contribution in [0.25, 0.3) is 0 Å². The summed E-state index contributed by atoms with van der Waals surface area (Å²) in [6.45, 7) is 0. The number of carbonyl (C=O) groups is 2. The van der Waals surface area contributed by atoms with Crippen molar-refractivity contribution in [1.82, 2.24) is 10.9 Å². The minimum atomic E-state index is -0.600. The van der Waals surface area contributed by atoms with Crippen LogP contribution in [0.15, 0.2) is 41.3 Å². The van der Waals surface area contributed by atoms with Gasteiger partial charge in [-0.05, 0) is 12.1 Å². The maximum absolute atomic E-state index is 13.5. The Bertz CT molecular complexity index is 831. The summed E-state index contributed by atoms with van der Waals surface area (Å²) in [7, 11) is 4.31. The van der Waals surface area contributed by atoms with E-state index < -0.39 is 17.6 Å². The van der Waals surface area contributed by atoms with Crippen molar-refractivity contribution in [2.75, 3.05) is 27.1 Å². The highest BCUT2D eigenvalue weighted by Gasteiger charge is 2.18. The number of ether oxygens (including phenoxy) is 3. The maximum Gasteiger partial charge on any atom is 0.273 e. The van der Waals surface area contributed by atoms with Crippen molar-refractivity contribution < 1.29 is 28.2 Å². The van der Waals surface area contributed by atoms with Crippen molar-refractivity contribution >= 4 is 23.6 Å². The van der Waals surface area contributed by atoms with E-state index >= 15 is 0 Å². The zero-order valence-electron chi connectivity index (χ0n) is 15.0. The first kappa shape index (κ1) is 20.4. The molecule has 144 valence electrons. The molecule has 7 nitrogen and oxygen atoms in total. The second-order valence-corrected chi connectivity index (χ2v) is 6.15.